The van der Waals surface area contributed by atoms with Crippen LogP contribution in [0.4, 0.5) is 5.69 Å². The third kappa shape index (κ3) is 3.78. The van der Waals surface area contributed by atoms with Gasteiger partial charge in [0.05, 0.1) is 17.0 Å². The van der Waals surface area contributed by atoms with Gasteiger partial charge in [-0.3, -0.25) is 4.79 Å². The molecule has 0 radical (unpaired) electrons. The van der Waals surface area contributed by atoms with Crippen LogP contribution in [-0.4, -0.2) is 11.1 Å². The molecule has 0 saturated carbocycles. The maximum Gasteiger partial charge on any atom is 0.338 e. The summed E-state index contributed by atoms with van der Waals surface area (Å²) in [5.41, 5.74) is 5.01. The molecule has 0 fully saturated rings. The Kier molecular flexibility index (Phi) is 5.57. The number of rotatable bonds is 5. The average Bonchev–Trinajstić information content (AvgIpc) is 2.76. The second-order valence-electron chi connectivity index (χ2n) is 8.15. The van der Waals surface area contributed by atoms with Gasteiger partial charge in [0.15, 0.2) is 5.43 Å². The first-order valence-corrected chi connectivity index (χ1v) is 10.5. The Hall–Kier alpha value is -3.86. The van der Waals surface area contributed by atoms with Crippen LogP contribution in [0, 0.1) is 20.8 Å². The van der Waals surface area contributed by atoms with Crippen LogP contribution in [0.2, 0.25) is 0 Å². The molecule has 3 aromatic carbocycles. The summed E-state index contributed by atoms with van der Waals surface area (Å²) in [7, 11) is 0. The number of carbonyl (C=O) groups is 1. The molecule has 1 aromatic heterocycles. The minimum absolute atomic E-state index is 0.0657. The molecule has 162 valence electrons. The van der Waals surface area contributed by atoms with Crippen LogP contribution < -0.4 is 10.7 Å². The second kappa shape index (κ2) is 8.35. The van der Waals surface area contributed by atoms with Gasteiger partial charge < -0.3 is 14.8 Å². The molecule has 0 bridgehead atoms. The van der Waals surface area contributed by atoms with Crippen molar-refractivity contribution in [3.8, 4) is 11.3 Å². The van der Waals surface area contributed by atoms with Crippen molar-refractivity contribution in [3.05, 3.63) is 98.7 Å². The molecule has 0 amide bonds. The summed E-state index contributed by atoms with van der Waals surface area (Å²) in [6, 6.07) is 18.4. The molecule has 5 nitrogen and oxygen atoms in total. The molecule has 1 atom stereocenters. The van der Waals surface area contributed by atoms with Crippen LogP contribution in [0.3, 0.4) is 0 Å². The third-order valence-electron chi connectivity index (χ3n) is 5.75. The second-order valence-corrected chi connectivity index (χ2v) is 8.15. The van der Waals surface area contributed by atoms with Gasteiger partial charge in [-0.1, -0.05) is 48.5 Å². The van der Waals surface area contributed by atoms with Crippen molar-refractivity contribution >= 4 is 22.6 Å². The number of carboxylic acid groups (broad SMARTS) is 1. The van der Waals surface area contributed by atoms with E-state index in [-0.39, 0.29) is 17.0 Å². The van der Waals surface area contributed by atoms with Crippen LogP contribution in [0.25, 0.3) is 22.3 Å². The van der Waals surface area contributed by atoms with Gasteiger partial charge in [-0.15, -0.1) is 0 Å². The number of carboxylic acids is 1. The number of fused-ring (bicyclic) bond motifs is 1. The molecule has 4 rings (SSSR count). The smallest absolute Gasteiger partial charge is 0.338 e. The summed E-state index contributed by atoms with van der Waals surface area (Å²) < 4.78 is 6.35. The van der Waals surface area contributed by atoms with Gasteiger partial charge >= 0.3 is 5.97 Å². The highest BCUT2D eigenvalue weighted by Gasteiger charge is 2.20. The Morgan fingerprint density at radius 2 is 1.72 bits per heavy atom. The summed E-state index contributed by atoms with van der Waals surface area (Å²) in [6.07, 6.45) is 0. The predicted octanol–water partition coefficient (Wildman–Crippen LogP) is 6.26. The molecule has 2 N–H and O–H groups in total. The number of nitrogens with one attached hydrogen (secondary N) is 1. The highest BCUT2D eigenvalue weighted by molar-refractivity contribution is 5.96. The first-order chi connectivity index (χ1) is 15.3. The van der Waals surface area contributed by atoms with Crippen LogP contribution >= 0.6 is 0 Å². The molecular weight excluding hydrogens is 402 g/mol. The molecule has 0 aliphatic carbocycles. The molecule has 32 heavy (non-hydrogen) atoms. The van der Waals surface area contributed by atoms with E-state index in [4.69, 9.17) is 4.42 Å². The largest absolute Gasteiger partial charge is 0.478 e. The lowest BCUT2D eigenvalue weighted by atomic mass is 9.98. The van der Waals surface area contributed by atoms with E-state index < -0.39 is 5.97 Å². The van der Waals surface area contributed by atoms with Crippen LogP contribution in [-0.2, 0) is 0 Å². The van der Waals surface area contributed by atoms with Gasteiger partial charge in [0.25, 0.3) is 0 Å². The number of aryl methyl sites for hydroxylation is 2. The Morgan fingerprint density at radius 3 is 2.41 bits per heavy atom. The standard InChI is InChI=1S/C27H25NO4/c1-15-13-20(18(4)28-22-12-8-9-16(2)23(22)27(30)31)26-21(14-15)24(29)17(3)25(32-26)19-10-6-5-7-11-19/h5-14,18,28H,1-4H3,(H,30,31). The highest BCUT2D eigenvalue weighted by atomic mass is 16.4. The van der Waals surface area contributed by atoms with Crippen molar-refractivity contribution in [2.45, 2.75) is 33.7 Å². The monoisotopic (exact) mass is 427 g/mol. The van der Waals surface area contributed by atoms with Gasteiger partial charge in [-0.25, -0.2) is 4.79 Å². The number of benzene rings is 3. The lowest BCUT2D eigenvalue weighted by Crippen LogP contribution is -2.14. The van der Waals surface area contributed by atoms with Gasteiger partial charge in [-0.2, -0.15) is 0 Å². The van der Waals surface area contributed by atoms with Gasteiger partial charge in [0, 0.05) is 22.4 Å². The van der Waals surface area contributed by atoms with Crippen molar-refractivity contribution in [1.29, 1.82) is 0 Å². The first-order valence-electron chi connectivity index (χ1n) is 10.5. The number of hydrogen-bond acceptors (Lipinski definition) is 4. The van der Waals surface area contributed by atoms with Crippen molar-refractivity contribution in [2.75, 3.05) is 5.32 Å². The van der Waals surface area contributed by atoms with E-state index in [1.807, 2.05) is 62.4 Å². The molecule has 0 saturated heterocycles. The van der Waals surface area contributed by atoms with Crippen molar-refractivity contribution in [1.82, 2.24) is 0 Å². The fourth-order valence-corrected chi connectivity index (χ4v) is 4.14. The Balaban J connectivity index is 1.90. The molecular formula is C27H25NO4. The van der Waals surface area contributed by atoms with E-state index >= 15 is 0 Å². The minimum Gasteiger partial charge on any atom is -0.478 e. The molecule has 1 unspecified atom stereocenters. The lowest BCUT2D eigenvalue weighted by molar-refractivity contribution is 0.0697. The quantitative estimate of drug-likeness (QED) is 0.393. The van der Waals surface area contributed by atoms with E-state index in [0.29, 0.717) is 33.5 Å². The molecule has 0 spiro atoms. The zero-order valence-corrected chi connectivity index (χ0v) is 18.5. The topological polar surface area (TPSA) is 79.5 Å². The van der Waals surface area contributed by atoms with Gasteiger partial charge in [-0.05, 0) is 51.0 Å². The van der Waals surface area contributed by atoms with Crippen molar-refractivity contribution in [2.24, 2.45) is 0 Å². The number of anilines is 1. The summed E-state index contributed by atoms with van der Waals surface area (Å²) in [6.45, 7) is 7.42. The molecule has 0 aliphatic heterocycles. The predicted molar refractivity (Wildman–Crippen MR) is 128 cm³/mol. The molecule has 0 aliphatic rings. The van der Waals surface area contributed by atoms with E-state index in [2.05, 4.69) is 5.32 Å². The summed E-state index contributed by atoms with van der Waals surface area (Å²) in [5.74, 6) is -0.442. The Bertz CT molecular complexity index is 1390. The summed E-state index contributed by atoms with van der Waals surface area (Å²) >= 11 is 0. The normalized spacial score (nSPS) is 12.0. The van der Waals surface area contributed by atoms with Gasteiger partial charge in [0.1, 0.15) is 11.3 Å². The maximum absolute atomic E-state index is 13.2. The van der Waals surface area contributed by atoms with E-state index in [0.717, 1.165) is 16.7 Å². The lowest BCUT2D eigenvalue weighted by Gasteiger charge is -2.20. The first kappa shape index (κ1) is 21.4. The van der Waals surface area contributed by atoms with Crippen LogP contribution in [0.1, 0.15) is 45.6 Å². The fourth-order valence-electron chi connectivity index (χ4n) is 4.14. The number of aromatic carboxylic acids is 1. The summed E-state index contributed by atoms with van der Waals surface area (Å²) in [4.78, 5) is 25.0. The van der Waals surface area contributed by atoms with Crippen molar-refractivity contribution in [3.63, 3.8) is 0 Å². The third-order valence-corrected chi connectivity index (χ3v) is 5.75. The van der Waals surface area contributed by atoms with E-state index in [1.165, 1.54) is 0 Å². The van der Waals surface area contributed by atoms with E-state index in [1.54, 1.807) is 26.0 Å². The highest BCUT2D eigenvalue weighted by Crippen LogP contribution is 2.33. The Labute approximate surface area is 186 Å². The van der Waals surface area contributed by atoms with Crippen LogP contribution in [0.15, 0.2) is 69.9 Å². The Morgan fingerprint density at radius 1 is 1.00 bits per heavy atom. The SMILES string of the molecule is Cc1cc(C(C)Nc2cccc(C)c2C(=O)O)c2oc(-c3ccccc3)c(C)c(=O)c2c1. The number of hydrogen-bond donors (Lipinski definition) is 2. The fraction of sp³-hybridized carbons (Fsp3) is 0.185. The zero-order valence-electron chi connectivity index (χ0n) is 18.5. The molecule has 5 heteroatoms. The van der Waals surface area contributed by atoms with Gasteiger partial charge in [0.2, 0.25) is 0 Å². The zero-order chi connectivity index (χ0) is 23.0. The van der Waals surface area contributed by atoms with Crippen LogP contribution in [0.5, 0.6) is 0 Å². The maximum atomic E-state index is 13.2. The molecule has 4 aromatic rings. The van der Waals surface area contributed by atoms with Crippen molar-refractivity contribution < 1.29 is 14.3 Å². The molecule has 1 heterocycles. The average molecular weight is 428 g/mol. The van der Waals surface area contributed by atoms with E-state index in [9.17, 15) is 14.7 Å². The summed E-state index contributed by atoms with van der Waals surface area (Å²) in [5, 5.41) is 13.5. The minimum atomic E-state index is -0.986.